The van der Waals surface area contributed by atoms with Crippen LogP contribution in [-0.4, -0.2) is 50.8 Å². The first kappa shape index (κ1) is 20.9. The fourth-order valence-corrected chi connectivity index (χ4v) is 2.46. The molecule has 1 amide bonds. The predicted octanol–water partition coefficient (Wildman–Crippen LogP) is 2.22. The summed E-state index contributed by atoms with van der Waals surface area (Å²) in [6.45, 7) is 3.34. The van der Waals surface area contributed by atoms with Gasteiger partial charge in [-0.2, -0.15) is 0 Å². The summed E-state index contributed by atoms with van der Waals surface area (Å²) < 4.78 is 10.5. The highest BCUT2D eigenvalue weighted by Gasteiger charge is 2.09. The molecule has 0 atom stereocenters. The number of hydrogen-bond donors (Lipinski definition) is 4. The van der Waals surface area contributed by atoms with E-state index < -0.39 is 0 Å². The van der Waals surface area contributed by atoms with Gasteiger partial charge in [-0.25, -0.2) is 0 Å². The largest absolute Gasteiger partial charge is 0.507 e. The van der Waals surface area contributed by atoms with Crippen LogP contribution < -0.4 is 25.4 Å². The molecular weight excluding hydrogens is 360 g/mol. The minimum Gasteiger partial charge on any atom is -0.507 e. The molecule has 0 heterocycles. The zero-order valence-electron chi connectivity index (χ0n) is 16.3. The molecule has 2 aromatic rings. The van der Waals surface area contributed by atoms with Crippen molar-refractivity contribution in [1.29, 1.82) is 0 Å². The maximum Gasteiger partial charge on any atom is 0.255 e. The Balaban J connectivity index is 1.95. The average molecular weight is 386 g/mol. The van der Waals surface area contributed by atoms with Crippen LogP contribution in [0.5, 0.6) is 17.2 Å². The number of nitrogens with zero attached hydrogens (tertiary/aromatic N) is 1. The van der Waals surface area contributed by atoms with Crippen molar-refractivity contribution in [2.45, 2.75) is 6.92 Å². The van der Waals surface area contributed by atoms with Crippen molar-refractivity contribution in [3.63, 3.8) is 0 Å². The van der Waals surface area contributed by atoms with Crippen molar-refractivity contribution in [2.24, 2.45) is 4.99 Å². The molecule has 0 aliphatic carbocycles. The van der Waals surface area contributed by atoms with E-state index in [2.05, 4.69) is 20.9 Å². The van der Waals surface area contributed by atoms with Crippen LogP contribution in [0.15, 0.2) is 47.5 Å². The van der Waals surface area contributed by atoms with E-state index in [1.54, 1.807) is 38.5 Å². The second-order valence-corrected chi connectivity index (χ2v) is 5.73. The zero-order valence-corrected chi connectivity index (χ0v) is 16.3. The minimum atomic E-state index is -0.342. The Labute approximate surface area is 164 Å². The van der Waals surface area contributed by atoms with Crippen LogP contribution in [0.25, 0.3) is 0 Å². The minimum absolute atomic E-state index is 0.0491. The highest BCUT2D eigenvalue weighted by atomic mass is 16.5. The fourth-order valence-electron chi connectivity index (χ4n) is 2.46. The number of amides is 1. The number of rotatable bonds is 8. The Kier molecular flexibility index (Phi) is 7.95. The summed E-state index contributed by atoms with van der Waals surface area (Å²) in [7, 11) is 3.16. The molecular formula is C20H26N4O4. The van der Waals surface area contributed by atoms with E-state index >= 15 is 0 Å². The van der Waals surface area contributed by atoms with Gasteiger partial charge in [0.05, 0.1) is 26.3 Å². The lowest BCUT2D eigenvalue weighted by Gasteiger charge is -2.14. The van der Waals surface area contributed by atoms with Crippen molar-refractivity contribution < 1.29 is 19.4 Å². The number of carbonyl (C=O) groups excluding carboxylic acids is 1. The number of guanidine groups is 1. The number of aliphatic imine (C=N–C) groups is 1. The van der Waals surface area contributed by atoms with Gasteiger partial charge in [0.2, 0.25) is 0 Å². The maximum atomic E-state index is 12.1. The van der Waals surface area contributed by atoms with Crippen molar-refractivity contribution in [3.8, 4) is 17.2 Å². The number of carbonyl (C=O) groups is 1. The molecule has 0 aliphatic rings. The van der Waals surface area contributed by atoms with Gasteiger partial charge >= 0.3 is 0 Å². The molecule has 0 saturated heterocycles. The first-order valence-corrected chi connectivity index (χ1v) is 8.92. The molecule has 0 aromatic heterocycles. The molecule has 8 heteroatoms. The lowest BCUT2D eigenvalue weighted by atomic mass is 10.2. The topological polar surface area (TPSA) is 104 Å². The Morgan fingerprint density at radius 1 is 1.07 bits per heavy atom. The van der Waals surface area contributed by atoms with Gasteiger partial charge in [0.1, 0.15) is 5.75 Å². The SMILES string of the molecule is CCNC(=NCCNC(=O)c1ccccc1O)Nc1ccc(OC)c(OC)c1. The molecule has 150 valence electrons. The van der Waals surface area contributed by atoms with Gasteiger partial charge in [0.25, 0.3) is 5.91 Å². The van der Waals surface area contributed by atoms with Crippen molar-refractivity contribution in [1.82, 2.24) is 10.6 Å². The molecule has 0 bridgehead atoms. The molecule has 8 nitrogen and oxygen atoms in total. The first-order chi connectivity index (χ1) is 13.6. The fraction of sp³-hybridized carbons (Fsp3) is 0.300. The molecule has 0 aliphatic heterocycles. The number of anilines is 1. The molecule has 28 heavy (non-hydrogen) atoms. The maximum absolute atomic E-state index is 12.1. The van der Waals surface area contributed by atoms with Crippen LogP contribution >= 0.6 is 0 Å². The van der Waals surface area contributed by atoms with Crippen LogP contribution in [0.3, 0.4) is 0 Å². The van der Waals surface area contributed by atoms with Gasteiger partial charge in [0.15, 0.2) is 17.5 Å². The molecule has 0 unspecified atom stereocenters. The van der Waals surface area contributed by atoms with E-state index in [0.29, 0.717) is 37.1 Å². The van der Waals surface area contributed by atoms with Crippen LogP contribution in [0, 0.1) is 0 Å². The molecule has 0 fully saturated rings. The van der Waals surface area contributed by atoms with E-state index in [4.69, 9.17) is 9.47 Å². The third-order valence-electron chi connectivity index (χ3n) is 3.81. The number of methoxy groups -OCH3 is 2. The normalized spacial score (nSPS) is 10.9. The summed E-state index contributed by atoms with van der Waals surface area (Å²) in [5.74, 6) is 1.43. The molecule has 4 N–H and O–H groups in total. The van der Waals surface area contributed by atoms with Crippen LogP contribution in [0.2, 0.25) is 0 Å². The lowest BCUT2D eigenvalue weighted by molar-refractivity contribution is 0.0952. The van der Waals surface area contributed by atoms with Crippen LogP contribution in [0.4, 0.5) is 5.69 Å². The van der Waals surface area contributed by atoms with Gasteiger partial charge < -0.3 is 30.5 Å². The number of phenols is 1. The average Bonchev–Trinajstić information content (AvgIpc) is 2.71. The van der Waals surface area contributed by atoms with E-state index in [-0.39, 0.29) is 17.2 Å². The Bertz CT molecular complexity index is 824. The second kappa shape index (κ2) is 10.7. The monoisotopic (exact) mass is 386 g/mol. The van der Waals surface area contributed by atoms with Crippen molar-refractivity contribution >= 4 is 17.6 Å². The number of hydrogen-bond acceptors (Lipinski definition) is 5. The number of phenolic OH excluding ortho intramolecular Hbond substituents is 1. The Morgan fingerprint density at radius 2 is 1.82 bits per heavy atom. The summed E-state index contributed by atoms with van der Waals surface area (Å²) >= 11 is 0. The summed E-state index contributed by atoms with van der Waals surface area (Å²) in [6.07, 6.45) is 0. The van der Waals surface area contributed by atoms with Gasteiger partial charge in [0, 0.05) is 24.8 Å². The summed E-state index contributed by atoms with van der Waals surface area (Å²) in [5, 5.41) is 18.8. The van der Waals surface area contributed by atoms with Crippen molar-refractivity contribution in [3.05, 3.63) is 48.0 Å². The van der Waals surface area contributed by atoms with Crippen LogP contribution in [0.1, 0.15) is 17.3 Å². The zero-order chi connectivity index (χ0) is 20.4. The summed E-state index contributed by atoms with van der Waals surface area (Å²) in [4.78, 5) is 16.5. The highest BCUT2D eigenvalue weighted by Crippen LogP contribution is 2.29. The van der Waals surface area contributed by atoms with E-state index in [1.807, 2.05) is 19.1 Å². The third-order valence-corrected chi connectivity index (χ3v) is 3.81. The molecule has 0 spiro atoms. The first-order valence-electron chi connectivity index (χ1n) is 8.92. The van der Waals surface area contributed by atoms with E-state index in [0.717, 1.165) is 5.69 Å². The number of ether oxygens (including phenoxy) is 2. The molecule has 2 rings (SSSR count). The van der Waals surface area contributed by atoms with Gasteiger partial charge in [-0.1, -0.05) is 12.1 Å². The number of benzene rings is 2. The quantitative estimate of drug-likeness (QED) is 0.315. The van der Waals surface area contributed by atoms with Gasteiger partial charge in [-0.05, 0) is 31.2 Å². The lowest BCUT2D eigenvalue weighted by Crippen LogP contribution is -2.32. The summed E-state index contributed by atoms with van der Waals surface area (Å²) in [5.41, 5.74) is 1.03. The number of nitrogens with one attached hydrogen (secondary N) is 3. The number of aromatic hydroxyl groups is 1. The van der Waals surface area contributed by atoms with Gasteiger partial charge in [-0.15, -0.1) is 0 Å². The Hall–Kier alpha value is -3.42. The molecule has 0 saturated carbocycles. The second-order valence-electron chi connectivity index (χ2n) is 5.73. The van der Waals surface area contributed by atoms with Crippen LogP contribution in [-0.2, 0) is 0 Å². The Morgan fingerprint density at radius 3 is 2.50 bits per heavy atom. The predicted molar refractivity (Wildman–Crippen MR) is 110 cm³/mol. The third kappa shape index (κ3) is 5.80. The molecule has 2 aromatic carbocycles. The van der Waals surface area contributed by atoms with Crippen molar-refractivity contribution in [2.75, 3.05) is 39.2 Å². The van der Waals surface area contributed by atoms with Gasteiger partial charge in [-0.3, -0.25) is 9.79 Å². The van der Waals surface area contributed by atoms with E-state index in [9.17, 15) is 9.90 Å². The number of para-hydroxylation sites is 1. The standard InChI is InChI=1S/C20H26N4O4/c1-4-21-20(24-14-9-10-17(27-2)18(13-14)28-3)23-12-11-22-19(26)15-7-5-6-8-16(15)25/h5-10,13,25H,4,11-12H2,1-3H3,(H,22,26)(H2,21,23,24). The summed E-state index contributed by atoms with van der Waals surface area (Å²) in [6, 6.07) is 11.9. The van der Waals surface area contributed by atoms with E-state index in [1.165, 1.54) is 6.07 Å². The molecule has 0 radical (unpaired) electrons. The smallest absolute Gasteiger partial charge is 0.255 e. The highest BCUT2D eigenvalue weighted by molar-refractivity contribution is 5.97.